The number of aliphatic hydroxyl groups excluding tert-OH is 1. The Morgan fingerprint density at radius 2 is 1.39 bits per heavy atom. The lowest BCUT2D eigenvalue weighted by Crippen LogP contribution is -2.26. The van der Waals surface area contributed by atoms with Gasteiger partial charge in [-0.15, -0.1) is 0 Å². The number of rotatable bonds is 9. The minimum atomic E-state index is -0.690. The predicted molar refractivity (Wildman–Crippen MR) is 126 cm³/mol. The summed E-state index contributed by atoms with van der Waals surface area (Å²) in [6.45, 7) is 1.78. The molecule has 0 aliphatic heterocycles. The molecule has 2 unspecified atom stereocenters. The fourth-order valence-electron chi connectivity index (χ4n) is 3.46. The summed E-state index contributed by atoms with van der Waals surface area (Å²) in [7, 11) is 2.55. The number of hydrogen-bond acceptors (Lipinski definition) is 5. The third kappa shape index (κ3) is 6.01. The van der Waals surface area contributed by atoms with Crippen LogP contribution in [0.4, 0.5) is 5.69 Å². The number of para-hydroxylation sites is 1. The number of methoxy groups -OCH3 is 2. The van der Waals surface area contributed by atoms with Crippen molar-refractivity contribution in [1.82, 2.24) is 0 Å². The molecule has 0 heterocycles. The number of ether oxygens (including phenoxy) is 2. The van der Waals surface area contributed by atoms with Crippen molar-refractivity contribution in [3.05, 3.63) is 114 Å². The molecule has 3 aromatic rings. The Bertz CT molecular complexity index is 1100. The van der Waals surface area contributed by atoms with E-state index in [1.165, 1.54) is 14.2 Å². The van der Waals surface area contributed by atoms with Gasteiger partial charge in [0.15, 0.2) is 0 Å². The molecule has 0 saturated carbocycles. The summed E-state index contributed by atoms with van der Waals surface area (Å²) in [6, 6.07) is 28.9. The van der Waals surface area contributed by atoms with Gasteiger partial charge in [0.2, 0.25) is 12.3 Å². The van der Waals surface area contributed by atoms with E-state index in [4.69, 9.17) is 14.3 Å². The van der Waals surface area contributed by atoms with Crippen molar-refractivity contribution in [3.8, 4) is 0 Å². The van der Waals surface area contributed by atoms with Gasteiger partial charge in [0.05, 0.1) is 14.2 Å². The van der Waals surface area contributed by atoms with Crippen molar-refractivity contribution >= 4 is 17.9 Å². The predicted octanol–water partition coefficient (Wildman–Crippen LogP) is 5.35. The van der Waals surface area contributed by atoms with Crippen LogP contribution in [0, 0.1) is 5.92 Å². The monoisotopic (exact) mass is 446 g/mol. The Kier molecular flexibility index (Phi) is 8.24. The van der Waals surface area contributed by atoms with Crippen molar-refractivity contribution in [3.63, 3.8) is 0 Å². The average molecular weight is 447 g/mol. The maximum Gasteiger partial charge on any atom is 0.341 e. The smallest absolute Gasteiger partial charge is 0.341 e. The Balaban J connectivity index is 2.11. The van der Waals surface area contributed by atoms with Crippen LogP contribution in [-0.4, -0.2) is 36.2 Å². The standard InChI is InChI=1S/C27H27NO5/c1-20(24(26(29)31-2)27(30)32-3)25(22-15-9-5-10-16-22)33-28(23-17-11-6-12-18-23)19-21-13-7-4-8-14-21/h4-20,25H,1-3H3/p+1/b28-19-. The molecule has 6 nitrogen and oxygen atoms in total. The maximum absolute atomic E-state index is 12.5. The van der Waals surface area contributed by atoms with Crippen LogP contribution in [-0.2, 0) is 19.1 Å². The highest BCUT2D eigenvalue weighted by Gasteiger charge is 2.36. The molecule has 3 aromatic carbocycles. The lowest BCUT2D eigenvalue weighted by Gasteiger charge is -2.23. The van der Waals surface area contributed by atoms with Crippen LogP contribution in [0.25, 0.3) is 0 Å². The van der Waals surface area contributed by atoms with Crippen LogP contribution >= 0.6 is 0 Å². The molecule has 0 aliphatic carbocycles. The Morgan fingerprint density at radius 3 is 1.94 bits per heavy atom. The van der Waals surface area contributed by atoms with E-state index in [1.54, 1.807) is 11.7 Å². The average Bonchev–Trinajstić information content (AvgIpc) is 2.87. The summed E-state index contributed by atoms with van der Waals surface area (Å²) in [5, 5.41) is 10.4. The van der Waals surface area contributed by atoms with Gasteiger partial charge in [0.25, 0.3) is 11.6 Å². The Labute approximate surface area is 193 Å². The van der Waals surface area contributed by atoms with Gasteiger partial charge < -0.3 is 14.6 Å². The Hall–Kier alpha value is -4.06. The van der Waals surface area contributed by atoms with Gasteiger partial charge in [0.1, 0.15) is 5.57 Å². The largest absolute Gasteiger partial charge is 0.481 e. The van der Waals surface area contributed by atoms with Crippen molar-refractivity contribution in [2.24, 2.45) is 5.92 Å². The van der Waals surface area contributed by atoms with E-state index >= 15 is 0 Å². The van der Waals surface area contributed by atoms with E-state index in [-0.39, 0.29) is 5.57 Å². The van der Waals surface area contributed by atoms with Gasteiger partial charge in [-0.25, -0.2) is 4.79 Å². The zero-order valence-corrected chi connectivity index (χ0v) is 18.9. The van der Waals surface area contributed by atoms with E-state index in [0.29, 0.717) is 0 Å². The van der Waals surface area contributed by atoms with Gasteiger partial charge in [-0.2, -0.15) is 0 Å². The second-order valence-electron chi connectivity index (χ2n) is 7.34. The Morgan fingerprint density at radius 1 is 0.848 bits per heavy atom. The summed E-state index contributed by atoms with van der Waals surface area (Å²) in [5.41, 5.74) is 2.54. The fraction of sp³-hybridized carbons (Fsp3) is 0.185. The normalized spacial score (nSPS) is 14.0. The lowest BCUT2D eigenvalue weighted by atomic mass is 9.90. The number of benzene rings is 3. The van der Waals surface area contributed by atoms with Gasteiger partial charge >= 0.3 is 5.97 Å². The van der Waals surface area contributed by atoms with Crippen LogP contribution in [0.1, 0.15) is 24.2 Å². The molecule has 0 saturated heterocycles. The molecular formula is C27H28NO5+. The molecule has 0 amide bonds. The first-order valence-corrected chi connectivity index (χ1v) is 10.6. The van der Waals surface area contributed by atoms with Crippen molar-refractivity contribution in [1.29, 1.82) is 0 Å². The third-order valence-corrected chi connectivity index (χ3v) is 5.17. The summed E-state index contributed by atoms with van der Waals surface area (Å²) < 4.78 is 11.6. The first-order valence-electron chi connectivity index (χ1n) is 10.6. The molecule has 170 valence electrons. The number of aliphatic hydroxyl groups is 1. The van der Waals surface area contributed by atoms with E-state index in [0.717, 1.165) is 16.8 Å². The number of esters is 1. The molecule has 0 aromatic heterocycles. The van der Waals surface area contributed by atoms with Crippen molar-refractivity contribution in [2.45, 2.75) is 13.0 Å². The summed E-state index contributed by atoms with van der Waals surface area (Å²) in [5.74, 6) is -1.81. The van der Waals surface area contributed by atoms with Gasteiger partial charge in [-0.3, -0.25) is 4.84 Å². The lowest BCUT2D eigenvalue weighted by molar-refractivity contribution is -0.741. The van der Waals surface area contributed by atoms with Crippen LogP contribution < -0.4 is 0 Å². The van der Waals surface area contributed by atoms with E-state index in [1.807, 2.05) is 97.2 Å². The number of hydrogen-bond donors (Lipinski definition) is 1. The van der Waals surface area contributed by atoms with Crippen molar-refractivity contribution < 1.29 is 29.0 Å². The number of nitrogens with zero attached hydrogens (tertiary/aromatic N) is 1. The molecule has 0 fully saturated rings. The highest BCUT2D eigenvalue weighted by Crippen LogP contribution is 2.34. The van der Waals surface area contributed by atoms with E-state index < -0.39 is 23.9 Å². The van der Waals surface area contributed by atoms with Gasteiger partial charge in [0, 0.05) is 33.9 Å². The van der Waals surface area contributed by atoms with E-state index in [2.05, 4.69) is 0 Å². The minimum Gasteiger partial charge on any atom is -0.481 e. The molecule has 0 bridgehead atoms. The SMILES string of the molecule is COC(=O)/C(=C(/O)OC)C(C)C(O/[N+](=C\c1ccccc1)c1ccccc1)c1ccccc1. The number of carbonyl (C=O) groups excluding carboxylic acids is 1. The molecule has 33 heavy (non-hydrogen) atoms. The summed E-state index contributed by atoms with van der Waals surface area (Å²) in [6.07, 6.45) is 1.22. The summed E-state index contributed by atoms with van der Waals surface area (Å²) in [4.78, 5) is 19.1. The molecule has 0 spiro atoms. The van der Waals surface area contributed by atoms with Crippen LogP contribution in [0.2, 0.25) is 0 Å². The summed E-state index contributed by atoms with van der Waals surface area (Å²) >= 11 is 0. The van der Waals surface area contributed by atoms with Crippen LogP contribution in [0.5, 0.6) is 0 Å². The highest BCUT2D eigenvalue weighted by atomic mass is 16.7. The van der Waals surface area contributed by atoms with Crippen LogP contribution in [0.3, 0.4) is 0 Å². The topological polar surface area (TPSA) is 68.0 Å². The fourth-order valence-corrected chi connectivity index (χ4v) is 3.46. The third-order valence-electron chi connectivity index (χ3n) is 5.17. The van der Waals surface area contributed by atoms with Gasteiger partial charge in [-0.05, 0) is 12.1 Å². The molecular weight excluding hydrogens is 418 g/mol. The molecule has 2 atom stereocenters. The zero-order chi connectivity index (χ0) is 23.6. The van der Waals surface area contributed by atoms with Crippen LogP contribution in [0.15, 0.2) is 103 Å². The minimum absolute atomic E-state index is 0.0124. The molecule has 0 aliphatic rings. The van der Waals surface area contributed by atoms with Crippen molar-refractivity contribution in [2.75, 3.05) is 14.2 Å². The second-order valence-corrected chi connectivity index (χ2v) is 7.34. The van der Waals surface area contributed by atoms with Gasteiger partial charge in [-0.1, -0.05) is 73.7 Å². The highest BCUT2D eigenvalue weighted by molar-refractivity contribution is 5.89. The molecule has 6 heteroatoms. The zero-order valence-electron chi connectivity index (χ0n) is 18.9. The molecule has 3 rings (SSSR count). The first kappa shape index (κ1) is 23.6. The molecule has 0 radical (unpaired) electrons. The second kappa shape index (κ2) is 11.5. The van der Waals surface area contributed by atoms with E-state index in [9.17, 15) is 9.90 Å². The first-order chi connectivity index (χ1) is 16.0. The molecule has 1 N–H and O–H groups in total. The quantitative estimate of drug-likeness (QED) is 0.120. The number of carbonyl (C=O) groups is 1. The maximum atomic E-state index is 12.5.